The van der Waals surface area contributed by atoms with Crippen molar-refractivity contribution in [2.24, 2.45) is 0 Å². The normalized spacial score (nSPS) is 11.1. The summed E-state index contributed by atoms with van der Waals surface area (Å²) in [5.74, 6) is 0.819. The molecule has 0 bridgehead atoms. The van der Waals surface area contributed by atoms with Crippen molar-refractivity contribution in [2.45, 2.75) is 20.0 Å². The topological polar surface area (TPSA) is 26.5 Å². The number of ether oxygens (including phenoxy) is 1. The summed E-state index contributed by atoms with van der Waals surface area (Å²) in [5.41, 5.74) is 1.54. The lowest BCUT2D eigenvalue weighted by atomic mass is 9.98. The molecule has 2 aromatic heterocycles. The van der Waals surface area contributed by atoms with Crippen LogP contribution >= 0.6 is 0 Å². The van der Waals surface area contributed by atoms with E-state index in [4.69, 9.17) is 12.6 Å². The maximum atomic E-state index is 5.74. The molecule has 0 unspecified atom stereocenters. The second-order valence-corrected chi connectivity index (χ2v) is 3.46. The average Bonchev–Trinajstić information content (AvgIpc) is 2.47. The van der Waals surface area contributed by atoms with E-state index in [-0.39, 0.29) is 6.10 Å². The minimum atomic E-state index is 0.168. The summed E-state index contributed by atoms with van der Waals surface area (Å²) in [6.45, 7) is 3.98. The van der Waals surface area contributed by atoms with Crippen LogP contribution in [-0.2, 0) is 0 Å². The first-order chi connectivity index (χ1) is 6.66. The van der Waals surface area contributed by atoms with Gasteiger partial charge in [-0.3, -0.25) is 0 Å². The summed E-state index contributed by atoms with van der Waals surface area (Å²) in [6.07, 6.45) is 3.64. The Hall–Kier alpha value is -1.45. The number of hydrogen-bond donors (Lipinski definition) is 0. The largest absolute Gasteiger partial charge is 0.491 e. The Morgan fingerprint density at radius 3 is 3.00 bits per heavy atom. The highest BCUT2D eigenvalue weighted by atomic mass is 16.5. The van der Waals surface area contributed by atoms with Gasteiger partial charge in [0, 0.05) is 18.5 Å². The van der Waals surface area contributed by atoms with Crippen molar-refractivity contribution in [3.8, 4) is 5.75 Å². The van der Waals surface area contributed by atoms with Gasteiger partial charge in [0.05, 0.1) is 11.6 Å². The van der Waals surface area contributed by atoms with Crippen LogP contribution in [0, 0.1) is 0 Å². The van der Waals surface area contributed by atoms with Crippen molar-refractivity contribution in [3.63, 3.8) is 0 Å². The minimum Gasteiger partial charge on any atom is -0.491 e. The zero-order valence-corrected chi connectivity index (χ0v) is 8.27. The van der Waals surface area contributed by atoms with Gasteiger partial charge in [-0.25, -0.2) is 4.52 Å². The third kappa shape index (κ3) is 1.60. The van der Waals surface area contributed by atoms with Crippen molar-refractivity contribution in [2.75, 3.05) is 0 Å². The summed E-state index contributed by atoms with van der Waals surface area (Å²) >= 11 is 0. The van der Waals surface area contributed by atoms with E-state index in [2.05, 4.69) is 5.10 Å². The van der Waals surface area contributed by atoms with Gasteiger partial charge in [0.15, 0.2) is 0 Å². The summed E-state index contributed by atoms with van der Waals surface area (Å²) in [5, 5.41) is 4.07. The molecular formula is C10H11BN2O. The number of fused-ring (bicyclic) bond motifs is 1. The first-order valence-electron chi connectivity index (χ1n) is 4.56. The highest BCUT2D eigenvalue weighted by Crippen LogP contribution is 2.13. The Morgan fingerprint density at radius 1 is 1.50 bits per heavy atom. The van der Waals surface area contributed by atoms with E-state index in [0.717, 1.165) is 11.3 Å². The highest BCUT2D eigenvalue weighted by Gasteiger charge is 2.02. The van der Waals surface area contributed by atoms with Gasteiger partial charge >= 0.3 is 0 Å². The molecule has 2 heterocycles. The van der Waals surface area contributed by atoms with Crippen LogP contribution in [0.2, 0.25) is 0 Å². The molecule has 0 fully saturated rings. The van der Waals surface area contributed by atoms with E-state index in [0.29, 0.717) is 5.46 Å². The van der Waals surface area contributed by atoms with E-state index in [9.17, 15) is 0 Å². The van der Waals surface area contributed by atoms with Crippen LogP contribution in [0.1, 0.15) is 13.8 Å². The SMILES string of the molecule is [B]c1cnn2ccc(OC(C)C)cc12. The number of nitrogens with zero attached hydrogens (tertiary/aromatic N) is 2. The van der Waals surface area contributed by atoms with Crippen LogP contribution in [0.4, 0.5) is 0 Å². The van der Waals surface area contributed by atoms with Crippen molar-refractivity contribution in [3.05, 3.63) is 24.5 Å². The van der Waals surface area contributed by atoms with Crippen molar-refractivity contribution >= 4 is 18.8 Å². The number of rotatable bonds is 2. The van der Waals surface area contributed by atoms with E-state index in [1.807, 2.05) is 32.2 Å². The third-order valence-corrected chi connectivity index (χ3v) is 1.89. The molecule has 0 aromatic carbocycles. The second kappa shape index (κ2) is 3.37. The Labute approximate surface area is 84.1 Å². The van der Waals surface area contributed by atoms with E-state index >= 15 is 0 Å². The lowest BCUT2D eigenvalue weighted by molar-refractivity contribution is 0.242. The molecule has 0 saturated carbocycles. The predicted molar refractivity (Wildman–Crippen MR) is 56.3 cm³/mol. The molecule has 0 atom stereocenters. The monoisotopic (exact) mass is 186 g/mol. The quantitative estimate of drug-likeness (QED) is 0.651. The van der Waals surface area contributed by atoms with Crippen LogP contribution in [0.3, 0.4) is 0 Å². The first kappa shape index (κ1) is 9.12. The molecule has 70 valence electrons. The molecule has 14 heavy (non-hydrogen) atoms. The summed E-state index contributed by atoms with van der Waals surface area (Å²) < 4.78 is 7.27. The number of hydrogen-bond acceptors (Lipinski definition) is 2. The van der Waals surface area contributed by atoms with Crippen LogP contribution in [0.25, 0.3) is 5.52 Å². The molecule has 0 aliphatic rings. The van der Waals surface area contributed by atoms with Crippen molar-refractivity contribution in [1.29, 1.82) is 0 Å². The van der Waals surface area contributed by atoms with Crippen LogP contribution in [0.5, 0.6) is 5.75 Å². The lowest BCUT2D eigenvalue weighted by Gasteiger charge is -2.09. The Morgan fingerprint density at radius 2 is 2.29 bits per heavy atom. The zero-order chi connectivity index (χ0) is 10.1. The molecule has 0 spiro atoms. The van der Waals surface area contributed by atoms with Gasteiger partial charge in [0.25, 0.3) is 0 Å². The first-order valence-corrected chi connectivity index (χ1v) is 4.56. The van der Waals surface area contributed by atoms with Gasteiger partial charge in [-0.1, -0.05) is 5.46 Å². The molecule has 0 N–H and O–H groups in total. The van der Waals surface area contributed by atoms with Gasteiger partial charge in [-0.15, -0.1) is 0 Å². The van der Waals surface area contributed by atoms with Gasteiger partial charge in [0.1, 0.15) is 13.6 Å². The minimum absolute atomic E-state index is 0.168. The molecule has 4 heteroatoms. The molecule has 2 rings (SSSR count). The summed E-state index contributed by atoms with van der Waals surface area (Å²) in [7, 11) is 5.74. The fraction of sp³-hybridized carbons (Fsp3) is 0.300. The Kier molecular flexibility index (Phi) is 2.19. The van der Waals surface area contributed by atoms with Crippen molar-refractivity contribution in [1.82, 2.24) is 9.61 Å². The van der Waals surface area contributed by atoms with Crippen molar-refractivity contribution < 1.29 is 4.74 Å². The number of aromatic nitrogens is 2. The zero-order valence-electron chi connectivity index (χ0n) is 8.27. The molecule has 0 aliphatic carbocycles. The summed E-state index contributed by atoms with van der Waals surface area (Å²) in [4.78, 5) is 0. The van der Waals surface area contributed by atoms with Gasteiger partial charge in [-0.2, -0.15) is 5.10 Å². The molecule has 2 radical (unpaired) electrons. The fourth-order valence-corrected chi connectivity index (χ4v) is 1.33. The standard InChI is InChI=1S/C10H11BN2O/c1-7(2)14-8-3-4-13-10(5-8)9(11)6-12-13/h3-7H,1-2H3. The lowest BCUT2D eigenvalue weighted by Crippen LogP contribution is -2.07. The molecule has 0 aliphatic heterocycles. The Balaban J connectivity index is 2.44. The van der Waals surface area contributed by atoms with Gasteiger partial charge in [-0.05, 0) is 19.9 Å². The fourth-order valence-electron chi connectivity index (χ4n) is 1.33. The molecule has 0 amide bonds. The maximum Gasteiger partial charge on any atom is 0.123 e. The highest BCUT2D eigenvalue weighted by molar-refractivity contribution is 6.36. The summed E-state index contributed by atoms with van der Waals surface area (Å²) in [6, 6.07) is 3.77. The van der Waals surface area contributed by atoms with E-state index < -0.39 is 0 Å². The molecule has 3 nitrogen and oxygen atoms in total. The predicted octanol–water partition coefficient (Wildman–Crippen LogP) is 0.915. The van der Waals surface area contributed by atoms with E-state index in [1.54, 1.807) is 10.7 Å². The second-order valence-electron chi connectivity index (χ2n) is 3.46. The smallest absolute Gasteiger partial charge is 0.123 e. The van der Waals surface area contributed by atoms with E-state index in [1.165, 1.54) is 0 Å². The molecular weight excluding hydrogens is 175 g/mol. The van der Waals surface area contributed by atoms with Crippen LogP contribution in [0.15, 0.2) is 24.5 Å². The van der Waals surface area contributed by atoms with Crippen LogP contribution in [-0.4, -0.2) is 23.6 Å². The maximum absolute atomic E-state index is 5.74. The third-order valence-electron chi connectivity index (χ3n) is 1.89. The number of pyridine rings is 1. The average molecular weight is 186 g/mol. The van der Waals surface area contributed by atoms with Gasteiger partial charge in [0.2, 0.25) is 0 Å². The van der Waals surface area contributed by atoms with Crippen LogP contribution < -0.4 is 10.2 Å². The molecule has 2 aromatic rings. The molecule has 0 saturated heterocycles. The van der Waals surface area contributed by atoms with Gasteiger partial charge < -0.3 is 4.74 Å². The Bertz CT molecular complexity index is 450.